The third-order valence-electron chi connectivity index (χ3n) is 6.71. The van der Waals surface area contributed by atoms with E-state index in [0.717, 1.165) is 12.2 Å². The molecular weight excluding hydrogens is 296 g/mol. The van der Waals surface area contributed by atoms with Crippen molar-refractivity contribution >= 4 is 0 Å². The van der Waals surface area contributed by atoms with Gasteiger partial charge in [-0.1, -0.05) is 29.8 Å². The maximum atomic E-state index is 6.91. The Morgan fingerprint density at radius 2 is 1.88 bits per heavy atom. The van der Waals surface area contributed by atoms with Gasteiger partial charge in [-0.15, -0.1) is 0 Å². The second kappa shape index (κ2) is 5.62. The first-order chi connectivity index (χ1) is 11.4. The lowest BCUT2D eigenvalue weighted by molar-refractivity contribution is -0.210. The molecule has 130 valence electrons. The average Bonchev–Trinajstić information content (AvgIpc) is 2.54. The van der Waals surface area contributed by atoms with Crippen molar-refractivity contribution in [2.24, 2.45) is 11.8 Å². The molecule has 0 radical (unpaired) electrons. The van der Waals surface area contributed by atoms with Gasteiger partial charge in [-0.2, -0.15) is 0 Å². The second-order valence-electron chi connectivity index (χ2n) is 8.76. The van der Waals surface area contributed by atoms with Gasteiger partial charge in [0.15, 0.2) is 0 Å². The lowest BCUT2D eigenvalue weighted by atomic mass is 9.68. The van der Waals surface area contributed by atoms with Crippen LogP contribution in [0.25, 0.3) is 0 Å². The van der Waals surface area contributed by atoms with Gasteiger partial charge in [0.1, 0.15) is 11.4 Å². The minimum Gasteiger partial charge on any atom is -0.487 e. The van der Waals surface area contributed by atoms with Crippen molar-refractivity contribution in [3.8, 4) is 5.75 Å². The summed E-state index contributed by atoms with van der Waals surface area (Å²) in [5.74, 6) is 2.08. The van der Waals surface area contributed by atoms with Crippen LogP contribution in [0, 0.1) is 11.8 Å². The zero-order chi connectivity index (χ0) is 16.9. The van der Waals surface area contributed by atoms with E-state index in [2.05, 4.69) is 58.0 Å². The Morgan fingerprint density at radius 3 is 2.62 bits per heavy atom. The number of hydrogen-bond acceptors (Lipinski definition) is 2. The van der Waals surface area contributed by atoms with Crippen LogP contribution in [0.1, 0.15) is 71.5 Å². The van der Waals surface area contributed by atoms with E-state index >= 15 is 0 Å². The van der Waals surface area contributed by atoms with E-state index in [1.54, 1.807) is 5.57 Å². The number of hydrogen-bond donors (Lipinski definition) is 0. The highest BCUT2D eigenvalue weighted by molar-refractivity contribution is 5.39. The Morgan fingerprint density at radius 1 is 1.08 bits per heavy atom. The molecule has 0 amide bonds. The fourth-order valence-corrected chi connectivity index (χ4v) is 5.00. The van der Waals surface area contributed by atoms with E-state index in [0.29, 0.717) is 11.8 Å². The number of fused-ring (bicyclic) bond motifs is 3. The first-order valence-electron chi connectivity index (χ1n) is 9.50. The maximum Gasteiger partial charge on any atom is 0.125 e. The van der Waals surface area contributed by atoms with E-state index in [1.165, 1.54) is 31.2 Å². The molecule has 1 aromatic carbocycles. The first kappa shape index (κ1) is 16.2. The van der Waals surface area contributed by atoms with Crippen LogP contribution in [-0.2, 0) is 4.74 Å². The number of allylic oxidation sites excluding steroid dienone is 2. The predicted octanol–water partition coefficient (Wildman–Crippen LogP) is 5.83. The van der Waals surface area contributed by atoms with E-state index in [-0.39, 0.29) is 17.3 Å². The average molecular weight is 326 g/mol. The zero-order valence-corrected chi connectivity index (χ0v) is 15.5. The van der Waals surface area contributed by atoms with Gasteiger partial charge in [-0.25, -0.2) is 0 Å². The van der Waals surface area contributed by atoms with Gasteiger partial charge in [-0.05, 0) is 71.8 Å². The van der Waals surface area contributed by atoms with Crippen LogP contribution in [0.4, 0.5) is 0 Å². The van der Waals surface area contributed by atoms with Crippen LogP contribution in [0.15, 0.2) is 35.9 Å². The van der Waals surface area contributed by atoms with Crippen molar-refractivity contribution in [1.82, 2.24) is 0 Å². The fraction of sp³-hybridized carbons (Fsp3) is 0.636. The van der Waals surface area contributed by atoms with Crippen molar-refractivity contribution in [3.63, 3.8) is 0 Å². The highest BCUT2D eigenvalue weighted by atomic mass is 16.5. The van der Waals surface area contributed by atoms with Crippen molar-refractivity contribution in [3.05, 3.63) is 41.5 Å². The molecule has 2 nitrogen and oxygen atoms in total. The van der Waals surface area contributed by atoms with Crippen LogP contribution in [0.3, 0.4) is 0 Å². The Balaban J connectivity index is 1.65. The molecule has 1 saturated heterocycles. The van der Waals surface area contributed by atoms with E-state index in [4.69, 9.17) is 9.47 Å². The number of benzene rings is 1. The topological polar surface area (TPSA) is 18.5 Å². The van der Waals surface area contributed by atoms with E-state index in [9.17, 15) is 0 Å². The molecule has 2 aliphatic heterocycles. The number of ether oxygens (including phenoxy) is 2. The number of rotatable bonds is 1. The highest BCUT2D eigenvalue weighted by Crippen LogP contribution is 2.55. The van der Waals surface area contributed by atoms with Crippen LogP contribution >= 0.6 is 0 Å². The van der Waals surface area contributed by atoms with Crippen molar-refractivity contribution < 1.29 is 9.47 Å². The summed E-state index contributed by atoms with van der Waals surface area (Å²) < 4.78 is 13.2. The number of para-hydroxylation sites is 1. The third kappa shape index (κ3) is 2.60. The summed E-state index contributed by atoms with van der Waals surface area (Å²) in [6.45, 7) is 9.06. The van der Waals surface area contributed by atoms with Gasteiger partial charge >= 0.3 is 0 Å². The van der Waals surface area contributed by atoms with Gasteiger partial charge in [0.2, 0.25) is 0 Å². The molecule has 0 bridgehead atoms. The highest BCUT2D eigenvalue weighted by Gasteiger charge is 2.52. The molecule has 3 aliphatic rings. The summed E-state index contributed by atoms with van der Waals surface area (Å²) in [5.41, 5.74) is 2.61. The molecule has 1 aromatic rings. The minimum atomic E-state index is -0.163. The van der Waals surface area contributed by atoms with Crippen LogP contribution in [0.2, 0.25) is 0 Å². The van der Waals surface area contributed by atoms with Gasteiger partial charge in [0.05, 0.1) is 11.7 Å². The minimum absolute atomic E-state index is 0.0150. The molecule has 0 unspecified atom stereocenters. The quantitative estimate of drug-likeness (QED) is 0.604. The third-order valence-corrected chi connectivity index (χ3v) is 6.71. The molecule has 0 spiro atoms. The largest absolute Gasteiger partial charge is 0.487 e. The maximum absolute atomic E-state index is 6.91. The van der Waals surface area contributed by atoms with Crippen molar-refractivity contribution in [2.75, 3.05) is 0 Å². The molecule has 2 heterocycles. The summed E-state index contributed by atoms with van der Waals surface area (Å²) in [7, 11) is 0. The molecule has 1 fully saturated rings. The molecule has 24 heavy (non-hydrogen) atoms. The Hall–Kier alpha value is -1.28. The molecule has 2 heteroatoms. The molecule has 0 N–H and O–H groups in total. The van der Waals surface area contributed by atoms with Gasteiger partial charge in [0.25, 0.3) is 0 Å². The zero-order valence-electron chi connectivity index (χ0n) is 15.5. The molecule has 4 atom stereocenters. The van der Waals surface area contributed by atoms with Crippen LogP contribution < -0.4 is 4.74 Å². The Bertz CT molecular complexity index is 660. The molecule has 1 aliphatic carbocycles. The fourth-order valence-electron chi connectivity index (χ4n) is 5.00. The van der Waals surface area contributed by atoms with E-state index < -0.39 is 0 Å². The van der Waals surface area contributed by atoms with Gasteiger partial charge in [-0.3, -0.25) is 0 Å². The van der Waals surface area contributed by atoms with Crippen molar-refractivity contribution in [2.45, 2.75) is 77.1 Å². The van der Waals surface area contributed by atoms with Crippen LogP contribution in [0.5, 0.6) is 5.75 Å². The monoisotopic (exact) mass is 326 g/mol. The molecule has 4 rings (SSSR count). The summed E-state index contributed by atoms with van der Waals surface area (Å²) in [6.07, 6.45) is 8.57. The van der Waals surface area contributed by atoms with Gasteiger partial charge in [0, 0.05) is 11.5 Å². The Labute approximate surface area is 146 Å². The lowest BCUT2D eigenvalue weighted by Gasteiger charge is -2.54. The second-order valence-corrected chi connectivity index (χ2v) is 8.76. The smallest absolute Gasteiger partial charge is 0.125 e. The normalized spacial score (nSPS) is 37.7. The molecular formula is C22H30O2. The standard InChI is InChI=1S/C22H30O2/c1-15-9-11-16(12-10-15)22(4)14-13-18-20(24-22)17-7-5-6-8-19(17)23-21(18,2)3/h5-9,16,18,20H,10-14H2,1-4H3/t16-,18-,20+,22+/m1/s1. The molecule has 0 saturated carbocycles. The summed E-state index contributed by atoms with van der Waals surface area (Å²) >= 11 is 0. The first-order valence-corrected chi connectivity index (χ1v) is 9.50. The summed E-state index contributed by atoms with van der Waals surface area (Å²) in [4.78, 5) is 0. The van der Waals surface area contributed by atoms with Crippen LogP contribution in [-0.4, -0.2) is 11.2 Å². The summed E-state index contributed by atoms with van der Waals surface area (Å²) in [5, 5.41) is 0. The van der Waals surface area contributed by atoms with Gasteiger partial charge < -0.3 is 9.47 Å². The summed E-state index contributed by atoms with van der Waals surface area (Å²) in [6, 6.07) is 8.46. The predicted molar refractivity (Wildman–Crippen MR) is 97.2 cm³/mol. The van der Waals surface area contributed by atoms with Crippen molar-refractivity contribution in [1.29, 1.82) is 0 Å². The SMILES string of the molecule is CC1=CC[C@@H]([C@]2(C)CC[C@@H]3[C@@H](O2)c2ccccc2OC3(C)C)CC1. The molecule has 0 aromatic heterocycles. The Kier molecular flexibility index (Phi) is 3.80. The van der Waals surface area contributed by atoms with E-state index in [1.807, 2.05) is 0 Å². The lowest BCUT2D eigenvalue weighted by Crippen LogP contribution is -2.53.